The predicted molar refractivity (Wildman–Crippen MR) is 138 cm³/mol. The van der Waals surface area contributed by atoms with Crippen molar-refractivity contribution in [3.63, 3.8) is 0 Å². The van der Waals surface area contributed by atoms with Gasteiger partial charge in [-0.05, 0) is 49.6 Å². The molecule has 1 unspecified atom stereocenters. The van der Waals surface area contributed by atoms with Crippen molar-refractivity contribution >= 4 is 22.6 Å². The minimum atomic E-state index is 0.138. The van der Waals surface area contributed by atoms with Gasteiger partial charge in [0.2, 0.25) is 5.91 Å². The smallest absolute Gasteiger partial charge is 0.227 e. The molecule has 4 rings (SSSR count). The number of fused-ring (bicyclic) bond motifs is 1. The number of carbonyl (C=O) groups is 1. The van der Waals surface area contributed by atoms with Crippen molar-refractivity contribution in [2.45, 2.75) is 91.0 Å². The highest BCUT2D eigenvalue weighted by atomic mass is 16.2. The second kappa shape index (κ2) is 11.0. The van der Waals surface area contributed by atoms with E-state index in [0.717, 1.165) is 23.6 Å². The van der Waals surface area contributed by atoms with E-state index in [1.165, 1.54) is 68.0 Å². The van der Waals surface area contributed by atoms with Crippen molar-refractivity contribution < 1.29 is 4.79 Å². The van der Waals surface area contributed by atoms with Gasteiger partial charge in [-0.3, -0.25) is 4.79 Å². The van der Waals surface area contributed by atoms with Gasteiger partial charge in [-0.2, -0.15) is 0 Å². The molecule has 3 aromatic rings. The van der Waals surface area contributed by atoms with Crippen LogP contribution in [0.15, 0.2) is 42.5 Å². The highest BCUT2D eigenvalue weighted by Crippen LogP contribution is 2.35. The molecule has 0 N–H and O–H groups in total. The molecule has 1 atom stereocenters. The number of nitrogens with zero attached hydrogens (tertiary/aromatic N) is 3. The first-order valence-corrected chi connectivity index (χ1v) is 12.9. The maximum absolute atomic E-state index is 13.0. The summed E-state index contributed by atoms with van der Waals surface area (Å²) in [6.45, 7) is 8.19. The molecule has 1 saturated heterocycles. The standard InChI is InChI=1S/C29H39N3O/c1-4-5-6-7-8-9-10-13-19-31-27-17-12-11-16-25(27)30-29(31)24-20-28(33)32(21-24)26-18-14-15-22(2)23(26)3/h11-12,14-18,24H,4-10,13,19-21H2,1-3H3. The van der Waals surface area contributed by atoms with Gasteiger partial charge in [-0.25, -0.2) is 4.98 Å². The van der Waals surface area contributed by atoms with Gasteiger partial charge in [0.05, 0.1) is 11.0 Å². The summed E-state index contributed by atoms with van der Waals surface area (Å²) in [4.78, 5) is 20.1. The van der Waals surface area contributed by atoms with E-state index in [0.29, 0.717) is 13.0 Å². The zero-order chi connectivity index (χ0) is 23.2. The second-order valence-electron chi connectivity index (χ2n) is 9.71. The Labute approximate surface area is 199 Å². The van der Waals surface area contributed by atoms with Crippen molar-refractivity contribution in [1.29, 1.82) is 0 Å². The molecule has 33 heavy (non-hydrogen) atoms. The lowest BCUT2D eigenvalue weighted by atomic mass is 10.1. The van der Waals surface area contributed by atoms with E-state index >= 15 is 0 Å². The average molecular weight is 446 g/mol. The molecule has 176 valence electrons. The minimum Gasteiger partial charge on any atom is -0.328 e. The highest BCUT2D eigenvalue weighted by Gasteiger charge is 2.35. The molecule has 0 saturated carbocycles. The van der Waals surface area contributed by atoms with E-state index in [1.54, 1.807) is 0 Å². The molecule has 0 aliphatic carbocycles. The highest BCUT2D eigenvalue weighted by molar-refractivity contribution is 5.97. The van der Waals surface area contributed by atoms with Crippen LogP contribution in [0.5, 0.6) is 0 Å². The molecular formula is C29H39N3O. The Morgan fingerprint density at radius 3 is 2.42 bits per heavy atom. The van der Waals surface area contributed by atoms with E-state index < -0.39 is 0 Å². The van der Waals surface area contributed by atoms with Crippen LogP contribution in [0.3, 0.4) is 0 Å². The van der Waals surface area contributed by atoms with Gasteiger partial charge in [0.15, 0.2) is 0 Å². The van der Waals surface area contributed by atoms with Crippen LogP contribution < -0.4 is 4.90 Å². The molecule has 2 aromatic carbocycles. The topological polar surface area (TPSA) is 38.1 Å². The molecule has 0 radical (unpaired) electrons. The maximum atomic E-state index is 13.0. The monoisotopic (exact) mass is 445 g/mol. The number of unbranched alkanes of at least 4 members (excludes halogenated alkanes) is 7. The molecule has 1 aliphatic heterocycles. The quantitative estimate of drug-likeness (QED) is 0.290. The van der Waals surface area contributed by atoms with E-state index in [-0.39, 0.29) is 11.8 Å². The summed E-state index contributed by atoms with van der Waals surface area (Å²) < 4.78 is 2.40. The predicted octanol–water partition coefficient (Wildman–Crippen LogP) is 7.31. The Morgan fingerprint density at radius 2 is 1.64 bits per heavy atom. The number of anilines is 1. The number of para-hydroxylation sites is 2. The van der Waals surface area contributed by atoms with Crippen molar-refractivity contribution in [3.8, 4) is 0 Å². The van der Waals surface area contributed by atoms with Gasteiger partial charge in [-0.15, -0.1) is 0 Å². The van der Waals surface area contributed by atoms with Crippen molar-refractivity contribution in [1.82, 2.24) is 9.55 Å². The summed E-state index contributed by atoms with van der Waals surface area (Å²) in [6.07, 6.45) is 11.0. The molecule has 0 spiro atoms. The Morgan fingerprint density at radius 1 is 0.909 bits per heavy atom. The summed E-state index contributed by atoms with van der Waals surface area (Å²) in [5.74, 6) is 1.43. The number of hydrogen-bond acceptors (Lipinski definition) is 2. The van der Waals surface area contributed by atoms with Gasteiger partial charge in [0.1, 0.15) is 5.82 Å². The molecule has 1 aliphatic rings. The number of amides is 1. The summed E-state index contributed by atoms with van der Waals surface area (Å²) >= 11 is 0. The van der Waals surface area contributed by atoms with Gasteiger partial charge in [-0.1, -0.05) is 76.1 Å². The Kier molecular flexibility index (Phi) is 7.85. The molecule has 4 nitrogen and oxygen atoms in total. The summed E-state index contributed by atoms with van der Waals surface area (Å²) in [5, 5.41) is 0. The van der Waals surface area contributed by atoms with Gasteiger partial charge in [0, 0.05) is 31.1 Å². The summed E-state index contributed by atoms with van der Waals surface area (Å²) in [6, 6.07) is 14.7. The molecule has 0 bridgehead atoms. The van der Waals surface area contributed by atoms with E-state index in [1.807, 2.05) is 4.90 Å². The van der Waals surface area contributed by atoms with E-state index in [4.69, 9.17) is 4.98 Å². The minimum absolute atomic E-state index is 0.138. The van der Waals surface area contributed by atoms with Crippen LogP contribution in [-0.2, 0) is 11.3 Å². The first-order valence-electron chi connectivity index (χ1n) is 12.9. The lowest BCUT2D eigenvalue weighted by Gasteiger charge is -2.20. The van der Waals surface area contributed by atoms with Crippen molar-refractivity contribution in [2.75, 3.05) is 11.4 Å². The van der Waals surface area contributed by atoms with Crippen LogP contribution in [0.1, 0.15) is 87.6 Å². The fourth-order valence-electron chi connectivity index (χ4n) is 5.19. The number of benzene rings is 2. The number of aryl methyl sites for hydroxylation is 2. The fourth-order valence-corrected chi connectivity index (χ4v) is 5.19. The molecule has 2 heterocycles. The summed E-state index contributed by atoms with van der Waals surface area (Å²) in [5.41, 5.74) is 5.72. The van der Waals surface area contributed by atoms with E-state index in [9.17, 15) is 4.79 Å². The first kappa shape index (κ1) is 23.5. The Bertz CT molecular complexity index is 1080. The van der Waals surface area contributed by atoms with E-state index in [2.05, 4.69) is 67.8 Å². The van der Waals surface area contributed by atoms with Crippen LogP contribution in [0, 0.1) is 13.8 Å². The third-order valence-electron chi connectivity index (χ3n) is 7.28. The number of rotatable bonds is 11. The largest absolute Gasteiger partial charge is 0.328 e. The van der Waals surface area contributed by atoms with Gasteiger partial charge >= 0.3 is 0 Å². The lowest BCUT2D eigenvalue weighted by Crippen LogP contribution is -2.25. The molecular weight excluding hydrogens is 406 g/mol. The first-order chi connectivity index (χ1) is 16.1. The third-order valence-corrected chi connectivity index (χ3v) is 7.28. The van der Waals surface area contributed by atoms with Crippen LogP contribution in [0.4, 0.5) is 5.69 Å². The zero-order valence-corrected chi connectivity index (χ0v) is 20.6. The maximum Gasteiger partial charge on any atom is 0.227 e. The SMILES string of the molecule is CCCCCCCCCCn1c(C2CC(=O)N(c3cccc(C)c3C)C2)nc2ccccc21. The number of imidazole rings is 1. The lowest BCUT2D eigenvalue weighted by molar-refractivity contribution is -0.117. The normalized spacial score (nSPS) is 16.3. The zero-order valence-electron chi connectivity index (χ0n) is 20.6. The van der Waals surface area contributed by atoms with Gasteiger partial charge < -0.3 is 9.47 Å². The van der Waals surface area contributed by atoms with Crippen molar-refractivity contribution in [3.05, 3.63) is 59.4 Å². The average Bonchev–Trinajstić information content (AvgIpc) is 3.38. The molecule has 1 aromatic heterocycles. The van der Waals surface area contributed by atoms with Crippen molar-refractivity contribution in [2.24, 2.45) is 0 Å². The number of hydrogen-bond donors (Lipinski definition) is 0. The van der Waals surface area contributed by atoms with Crippen LogP contribution in [-0.4, -0.2) is 22.0 Å². The molecule has 1 fully saturated rings. The van der Waals surface area contributed by atoms with Crippen LogP contribution in [0.25, 0.3) is 11.0 Å². The third kappa shape index (κ3) is 5.31. The van der Waals surface area contributed by atoms with Crippen LogP contribution >= 0.6 is 0 Å². The Balaban J connectivity index is 1.47. The number of aromatic nitrogens is 2. The fraction of sp³-hybridized carbons (Fsp3) is 0.517. The van der Waals surface area contributed by atoms with Gasteiger partial charge in [0.25, 0.3) is 0 Å². The number of carbonyl (C=O) groups excluding carboxylic acids is 1. The van der Waals surface area contributed by atoms with Crippen LogP contribution in [0.2, 0.25) is 0 Å². The molecule has 1 amide bonds. The summed E-state index contributed by atoms with van der Waals surface area (Å²) in [7, 11) is 0. The second-order valence-corrected chi connectivity index (χ2v) is 9.71. The Hall–Kier alpha value is -2.62. The molecule has 4 heteroatoms.